The summed E-state index contributed by atoms with van der Waals surface area (Å²) in [6, 6.07) is 7.91. The first-order valence-corrected chi connectivity index (χ1v) is 12.5. The lowest BCUT2D eigenvalue weighted by molar-refractivity contribution is -0.131. The molecule has 0 aromatic heterocycles. The number of hydrogen-bond acceptors (Lipinski definition) is 6. The topological polar surface area (TPSA) is 134 Å². The summed E-state index contributed by atoms with van der Waals surface area (Å²) in [4.78, 5) is 50.3. The third-order valence-electron chi connectivity index (χ3n) is 6.80. The van der Waals surface area contributed by atoms with E-state index in [0.29, 0.717) is 25.8 Å². The molecule has 1 aromatic carbocycles. The van der Waals surface area contributed by atoms with Gasteiger partial charge in [-0.25, -0.2) is 4.79 Å². The molecule has 1 aliphatic carbocycles. The number of ether oxygens (including phenoxy) is 1. The number of carbonyl (C=O) groups excluding carboxylic acids is 4. The van der Waals surface area contributed by atoms with E-state index in [2.05, 4.69) is 16.0 Å². The molecule has 0 radical (unpaired) electrons. The van der Waals surface area contributed by atoms with Crippen LogP contribution in [0.25, 0.3) is 0 Å². The molecule has 1 saturated heterocycles. The molecule has 0 bridgehead atoms. The first-order chi connectivity index (χ1) is 16.7. The molecule has 3 atom stereocenters. The maximum Gasteiger partial charge on any atom is 0.408 e. The van der Waals surface area contributed by atoms with Crippen LogP contribution in [0.2, 0.25) is 0 Å². The Hall–Kier alpha value is -2.94. The molecule has 4 N–H and O–H groups in total. The Kier molecular flexibility index (Phi) is 9.26. The third kappa shape index (κ3) is 7.52. The molecule has 1 saturated carbocycles. The SMILES string of the molecule is CC(C)C[C@H](NC(=O)OC1(Cc2ccccc2)CCC1)C(=O)N[C@@H](C[C@@H]1CCNC1=O)C(=O)CO. The molecule has 0 spiro atoms. The number of ketones is 1. The fourth-order valence-electron chi connectivity index (χ4n) is 4.73. The molecular formula is C26H37N3O6. The average molecular weight is 488 g/mol. The van der Waals surface area contributed by atoms with Gasteiger partial charge < -0.3 is 25.8 Å². The van der Waals surface area contributed by atoms with Crippen molar-refractivity contribution in [1.82, 2.24) is 16.0 Å². The molecule has 192 valence electrons. The summed E-state index contributed by atoms with van der Waals surface area (Å²) < 4.78 is 5.85. The summed E-state index contributed by atoms with van der Waals surface area (Å²) in [5, 5.41) is 17.4. The van der Waals surface area contributed by atoms with Crippen LogP contribution in [0.5, 0.6) is 0 Å². The second-order valence-electron chi connectivity index (χ2n) is 10.1. The molecule has 2 aliphatic rings. The number of rotatable bonds is 12. The van der Waals surface area contributed by atoms with Crippen molar-refractivity contribution >= 4 is 23.7 Å². The van der Waals surface area contributed by atoms with Crippen molar-refractivity contribution < 1.29 is 29.0 Å². The van der Waals surface area contributed by atoms with Gasteiger partial charge in [0.05, 0.1) is 6.04 Å². The lowest BCUT2D eigenvalue weighted by atomic mass is 9.76. The number of carbonyl (C=O) groups is 4. The van der Waals surface area contributed by atoms with Crippen LogP contribution in [-0.2, 0) is 25.5 Å². The van der Waals surface area contributed by atoms with E-state index in [1.165, 1.54) is 0 Å². The average Bonchev–Trinajstić information content (AvgIpc) is 3.20. The Bertz CT molecular complexity index is 900. The molecule has 3 amide bonds. The normalized spacial score (nSPS) is 20.3. The molecule has 0 unspecified atom stereocenters. The van der Waals surface area contributed by atoms with E-state index in [1.807, 2.05) is 44.2 Å². The van der Waals surface area contributed by atoms with Gasteiger partial charge in [-0.1, -0.05) is 44.2 Å². The van der Waals surface area contributed by atoms with Gasteiger partial charge >= 0.3 is 6.09 Å². The molecule has 9 nitrogen and oxygen atoms in total. The van der Waals surface area contributed by atoms with Gasteiger partial charge in [0.25, 0.3) is 0 Å². The van der Waals surface area contributed by atoms with Crippen LogP contribution in [0.1, 0.15) is 57.9 Å². The Morgan fingerprint density at radius 3 is 2.40 bits per heavy atom. The highest BCUT2D eigenvalue weighted by atomic mass is 16.6. The molecular weight excluding hydrogens is 450 g/mol. The largest absolute Gasteiger partial charge is 0.443 e. The zero-order valence-electron chi connectivity index (χ0n) is 20.5. The molecule has 35 heavy (non-hydrogen) atoms. The van der Waals surface area contributed by atoms with E-state index in [1.54, 1.807) is 0 Å². The number of Topliss-reactive ketones (excluding diaryl/α,β-unsaturated/α-hetero) is 1. The summed E-state index contributed by atoms with van der Waals surface area (Å²) >= 11 is 0. The Balaban J connectivity index is 1.64. The summed E-state index contributed by atoms with van der Waals surface area (Å²) in [6.45, 7) is 3.63. The summed E-state index contributed by atoms with van der Waals surface area (Å²) in [5.41, 5.74) is 0.493. The second-order valence-corrected chi connectivity index (χ2v) is 10.1. The Morgan fingerprint density at radius 1 is 1.14 bits per heavy atom. The number of hydrogen-bond donors (Lipinski definition) is 4. The predicted molar refractivity (Wildman–Crippen MR) is 129 cm³/mol. The van der Waals surface area contributed by atoms with Crippen LogP contribution in [0.3, 0.4) is 0 Å². The molecule has 1 aromatic rings. The van der Waals surface area contributed by atoms with Gasteiger partial charge in [-0.2, -0.15) is 0 Å². The van der Waals surface area contributed by atoms with Gasteiger partial charge in [0.15, 0.2) is 5.78 Å². The lowest BCUT2D eigenvalue weighted by Crippen LogP contribution is -2.55. The van der Waals surface area contributed by atoms with Gasteiger partial charge in [0.1, 0.15) is 18.2 Å². The maximum absolute atomic E-state index is 13.1. The standard InChI is InChI=1S/C26H37N3O6/c1-17(2)13-21(24(33)28-20(22(31)16-30)14-19-9-12-27-23(19)32)29-25(34)35-26(10-6-11-26)15-18-7-4-3-5-8-18/h3-5,7-8,17,19-21,30H,6,9-16H2,1-2H3,(H,27,32)(H,28,33)(H,29,34)/t19-,20-,21-/m0/s1. The van der Waals surface area contributed by atoms with E-state index < -0.39 is 48.0 Å². The second kappa shape index (κ2) is 12.2. The fourth-order valence-corrected chi connectivity index (χ4v) is 4.73. The van der Waals surface area contributed by atoms with Crippen molar-refractivity contribution in [3.05, 3.63) is 35.9 Å². The number of nitrogens with one attached hydrogen (secondary N) is 3. The quantitative estimate of drug-likeness (QED) is 0.356. The fraction of sp³-hybridized carbons (Fsp3) is 0.615. The summed E-state index contributed by atoms with van der Waals surface area (Å²) in [7, 11) is 0. The first-order valence-electron chi connectivity index (χ1n) is 12.5. The maximum atomic E-state index is 13.1. The summed E-state index contributed by atoms with van der Waals surface area (Å²) in [6.07, 6.45) is 3.44. The number of amides is 3. The predicted octanol–water partition coefficient (Wildman–Crippen LogP) is 1.87. The molecule has 3 rings (SSSR count). The highest BCUT2D eigenvalue weighted by Crippen LogP contribution is 2.38. The van der Waals surface area contributed by atoms with Crippen molar-refractivity contribution in [2.24, 2.45) is 11.8 Å². The first kappa shape index (κ1) is 26.7. The van der Waals surface area contributed by atoms with Crippen LogP contribution < -0.4 is 16.0 Å². The van der Waals surface area contributed by atoms with Crippen LogP contribution >= 0.6 is 0 Å². The van der Waals surface area contributed by atoms with Crippen molar-refractivity contribution in [3.8, 4) is 0 Å². The number of aliphatic hydroxyl groups excluding tert-OH is 1. The van der Waals surface area contributed by atoms with Crippen LogP contribution in [0.4, 0.5) is 4.79 Å². The van der Waals surface area contributed by atoms with E-state index in [9.17, 15) is 24.3 Å². The highest BCUT2D eigenvalue weighted by Gasteiger charge is 2.42. The lowest BCUT2D eigenvalue weighted by Gasteiger charge is -2.41. The van der Waals surface area contributed by atoms with Crippen molar-refractivity contribution in [1.29, 1.82) is 0 Å². The van der Waals surface area contributed by atoms with E-state index in [4.69, 9.17) is 4.74 Å². The van der Waals surface area contributed by atoms with Crippen molar-refractivity contribution in [3.63, 3.8) is 0 Å². The summed E-state index contributed by atoms with van der Waals surface area (Å²) in [5.74, 6) is -1.60. The van der Waals surface area contributed by atoms with Crippen molar-refractivity contribution in [2.75, 3.05) is 13.2 Å². The minimum Gasteiger partial charge on any atom is -0.443 e. The van der Waals surface area contributed by atoms with Crippen molar-refractivity contribution in [2.45, 2.75) is 76.5 Å². The minimum absolute atomic E-state index is 0.0839. The van der Waals surface area contributed by atoms with E-state index in [-0.39, 0.29) is 18.2 Å². The molecule has 1 aliphatic heterocycles. The number of benzene rings is 1. The van der Waals surface area contributed by atoms with Gasteiger partial charge in [-0.05, 0) is 50.0 Å². The number of aliphatic hydroxyl groups is 1. The van der Waals surface area contributed by atoms with Gasteiger partial charge in [-0.15, -0.1) is 0 Å². The third-order valence-corrected chi connectivity index (χ3v) is 6.80. The molecule has 1 heterocycles. The smallest absolute Gasteiger partial charge is 0.408 e. The van der Waals surface area contributed by atoms with E-state index >= 15 is 0 Å². The zero-order valence-corrected chi connectivity index (χ0v) is 20.5. The highest BCUT2D eigenvalue weighted by molar-refractivity contribution is 5.93. The van der Waals surface area contributed by atoms with Gasteiger partial charge in [0, 0.05) is 18.9 Å². The van der Waals surface area contributed by atoms with Gasteiger partial charge in [0.2, 0.25) is 11.8 Å². The number of alkyl carbamates (subject to hydrolysis) is 1. The van der Waals surface area contributed by atoms with Crippen LogP contribution in [0.15, 0.2) is 30.3 Å². The van der Waals surface area contributed by atoms with Crippen LogP contribution in [0, 0.1) is 11.8 Å². The van der Waals surface area contributed by atoms with E-state index in [0.717, 1.165) is 24.8 Å². The minimum atomic E-state index is -1.01. The monoisotopic (exact) mass is 487 g/mol. The Labute approximate surface area is 206 Å². The molecule has 9 heteroatoms. The Morgan fingerprint density at radius 2 is 1.86 bits per heavy atom. The van der Waals surface area contributed by atoms with Crippen LogP contribution in [-0.4, -0.2) is 59.6 Å². The van der Waals surface area contributed by atoms with Gasteiger partial charge in [-0.3, -0.25) is 14.4 Å². The molecule has 2 fully saturated rings. The zero-order chi connectivity index (χ0) is 25.4.